The molecule has 0 amide bonds. The molecule has 2 heterocycles. The van der Waals surface area contributed by atoms with Crippen molar-refractivity contribution in [1.82, 2.24) is 14.5 Å². The molecule has 4 rings (SSSR count). The molecule has 2 aromatic heterocycles. The van der Waals surface area contributed by atoms with E-state index in [1.807, 2.05) is 27.0 Å². The molecular formula is C30H42N5O2+. The number of nitrogens with one attached hydrogen (secondary N) is 1. The van der Waals surface area contributed by atoms with Gasteiger partial charge >= 0.3 is 5.97 Å². The number of pyridine rings is 1. The van der Waals surface area contributed by atoms with Crippen molar-refractivity contribution in [2.45, 2.75) is 53.1 Å². The van der Waals surface area contributed by atoms with Crippen LogP contribution in [0.5, 0.6) is 0 Å². The van der Waals surface area contributed by atoms with Crippen LogP contribution in [0.1, 0.15) is 60.9 Å². The quantitative estimate of drug-likeness (QED) is 0.222. The van der Waals surface area contributed by atoms with E-state index in [0.717, 1.165) is 64.6 Å². The van der Waals surface area contributed by atoms with Gasteiger partial charge in [-0.25, -0.2) is 14.8 Å². The van der Waals surface area contributed by atoms with Crippen LogP contribution in [0.2, 0.25) is 0 Å². The molecule has 0 aliphatic rings. The predicted molar refractivity (Wildman–Crippen MR) is 153 cm³/mol. The topological polar surface area (TPSA) is 69.0 Å². The fourth-order valence-corrected chi connectivity index (χ4v) is 4.53. The molecule has 0 saturated carbocycles. The number of aryl methyl sites for hydroxylation is 1. The van der Waals surface area contributed by atoms with Gasteiger partial charge in [-0.2, -0.15) is 0 Å². The number of hydrogen-bond donors (Lipinski definition) is 1. The Kier molecular flexibility index (Phi) is 9.27. The number of quaternary nitrogens is 1. The van der Waals surface area contributed by atoms with Crippen molar-refractivity contribution in [3.8, 4) is 0 Å². The Hall–Kier alpha value is -3.45. The van der Waals surface area contributed by atoms with E-state index in [0.29, 0.717) is 11.4 Å². The van der Waals surface area contributed by atoms with Crippen molar-refractivity contribution in [2.24, 2.45) is 0 Å². The molecule has 0 aliphatic heterocycles. The summed E-state index contributed by atoms with van der Waals surface area (Å²) in [7, 11) is 9.86. The van der Waals surface area contributed by atoms with E-state index < -0.39 is 0 Å². The van der Waals surface area contributed by atoms with Crippen LogP contribution in [0.3, 0.4) is 0 Å². The third kappa shape index (κ3) is 6.46. The summed E-state index contributed by atoms with van der Waals surface area (Å²) in [4.78, 5) is 22.0. The lowest BCUT2D eigenvalue weighted by Gasteiger charge is -2.24. The van der Waals surface area contributed by atoms with E-state index in [-0.39, 0.29) is 5.97 Å². The summed E-state index contributed by atoms with van der Waals surface area (Å²) in [5.41, 5.74) is 5.68. The highest BCUT2D eigenvalue weighted by Crippen LogP contribution is 2.32. The highest BCUT2D eigenvalue weighted by Gasteiger charge is 2.19. The number of anilines is 1. The van der Waals surface area contributed by atoms with Crippen molar-refractivity contribution in [1.29, 1.82) is 0 Å². The van der Waals surface area contributed by atoms with E-state index in [2.05, 4.69) is 62.2 Å². The van der Waals surface area contributed by atoms with Crippen LogP contribution in [-0.4, -0.2) is 60.3 Å². The predicted octanol–water partition coefficient (Wildman–Crippen LogP) is 6.04. The second-order valence-corrected chi connectivity index (χ2v) is 10.1. The van der Waals surface area contributed by atoms with Gasteiger partial charge < -0.3 is 19.1 Å². The first kappa shape index (κ1) is 28.1. The summed E-state index contributed by atoms with van der Waals surface area (Å²) in [5, 5.41) is 4.19. The Balaban J connectivity index is 0.00000186. The number of nitrogens with zero attached hydrogens (tertiary/aromatic N) is 4. The van der Waals surface area contributed by atoms with Gasteiger partial charge in [0.2, 0.25) is 0 Å². The van der Waals surface area contributed by atoms with E-state index >= 15 is 0 Å². The zero-order valence-corrected chi connectivity index (χ0v) is 23.7. The smallest absolute Gasteiger partial charge is 0.337 e. The molecule has 0 unspecified atom stereocenters. The number of carbonyl (C=O) groups is 1. The largest absolute Gasteiger partial charge is 0.465 e. The zero-order chi connectivity index (χ0) is 27.2. The molecule has 4 aromatic rings. The second kappa shape index (κ2) is 12.2. The number of carbonyl (C=O) groups excluding carboxylic acids is 1. The van der Waals surface area contributed by atoms with Crippen molar-refractivity contribution in [2.75, 3.05) is 40.6 Å². The van der Waals surface area contributed by atoms with E-state index in [1.165, 1.54) is 18.2 Å². The summed E-state index contributed by atoms with van der Waals surface area (Å²) in [6.07, 6.45) is 3.07. The highest BCUT2D eigenvalue weighted by molar-refractivity contribution is 6.08. The molecule has 0 fully saturated rings. The first-order valence-corrected chi connectivity index (χ1v) is 13.2. The molecule has 7 heteroatoms. The lowest BCUT2D eigenvalue weighted by atomic mass is 10.1. The summed E-state index contributed by atoms with van der Waals surface area (Å²) in [6.45, 7) is 7.91. The van der Waals surface area contributed by atoms with Crippen molar-refractivity contribution < 1.29 is 14.0 Å². The first-order chi connectivity index (χ1) is 17.7. The molecule has 0 saturated heterocycles. The van der Waals surface area contributed by atoms with Gasteiger partial charge in [-0.1, -0.05) is 51.5 Å². The third-order valence-corrected chi connectivity index (χ3v) is 6.19. The van der Waals surface area contributed by atoms with Crippen LogP contribution in [0.25, 0.3) is 21.9 Å². The molecule has 0 bridgehead atoms. The van der Waals surface area contributed by atoms with Gasteiger partial charge in [0.25, 0.3) is 0 Å². The molecule has 0 radical (unpaired) electrons. The van der Waals surface area contributed by atoms with Crippen LogP contribution >= 0.6 is 0 Å². The summed E-state index contributed by atoms with van der Waals surface area (Å²) >= 11 is 0. The summed E-state index contributed by atoms with van der Waals surface area (Å²) < 4.78 is 8.14. The Bertz CT molecular complexity index is 1350. The van der Waals surface area contributed by atoms with E-state index in [9.17, 15) is 4.79 Å². The molecule has 7 nitrogen and oxygen atoms in total. The van der Waals surface area contributed by atoms with Crippen molar-refractivity contribution >= 4 is 33.7 Å². The molecule has 0 spiro atoms. The lowest BCUT2D eigenvalue weighted by molar-refractivity contribution is -0.884. The van der Waals surface area contributed by atoms with Crippen LogP contribution in [0, 0.1) is 0 Å². The maximum Gasteiger partial charge on any atom is 0.337 e. The van der Waals surface area contributed by atoms with Crippen LogP contribution in [0.15, 0.2) is 42.5 Å². The maximum absolute atomic E-state index is 12.1. The Morgan fingerprint density at radius 1 is 1.03 bits per heavy atom. The minimum atomic E-state index is -0.370. The normalized spacial score (nSPS) is 11.4. The Morgan fingerprint density at radius 3 is 2.30 bits per heavy atom. The van der Waals surface area contributed by atoms with E-state index in [1.54, 1.807) is 12.1 Å². The van der Waals surface area contributed by atoms with Crippen molar-refractivity contribution in [3.05, 3.63) is 65.0 Å². The fraction of sp³-hybridized carbons (Fsp3) is 0.433. The van der Waals surface area contributed by atoms with Crippen LogP contribution in [0.4, 0.5) is 5.82 Å². The number of benzene rings is 2. The minimum absolute atomic E-state index is 0.370. The Labute approximate surface area is 221 Å². The second-order valence-electron chi connectivity index (χ2n) is 10.1. The molecule has 2 aromatic carbocycles. The van der Waals surface area contributed by atoms with E-state index in [4.69, 9.17) is 14.7 Å². The number of unbranched alkanes of at least 4 members (excludes halogenated alkanes) is 1. The molecule has 37 heavy (non-hydrogen) atoms. The molecular weight excluding hydrogens is 462 g/mol. The maximum atomic E-state index is 12.1. The monoisotopic (exact) mass is 504 g/mol. The van der Waals surface area contributed by atoms with Crippen molar-refractivity contribution in [3.63, 3.8) is 0 Å². The van der Waals surface area contributed by atoms with Crippen LogP contribution < -0.4 is 5.32 Å². The minimum Gasteiger partial charge on any atom is -0.465 e. The molecule has 1 N–H and O–H groups in total. The number of esters is 1. The van der Waals surface area contributed by atoms with Gasteiger partial charge in [0.1, 0.15) is 17.9 Å². The SMILES string of the molecule is CC.CCCCc1nc2c(NC)nc3cc(C(=O)OC)ccc3c2n1Cc1ccc(C[N+](C)(C)C)cc1. The number of methoxy groups -OCH3 is 1. The number of rotatable bonds is 9. The van der Waals surface area contributed by atoms with Gasteiger partial charge in [0.05, 0.1) is 44.8 Å². The molecule has 198 valence electrons. The molecule has 0 atom stereocenters. The molecule has 0 aliphatic carbocycles. The first-order valence-electron chi connectivity index (χ1n) is 13.2. The summed E-state index contributed by atoms with van der Waals surface area (Å²) in [6, 6.07) is 14.5. The number of fused-ring (bicyclic) bond motifs is 3. The average Bonchev–Trinajstić information content (AvgIpc) is 3.25. The summed E-state index contributed by atoms with van der Waals surface area (Å²) in [5.74, 6) is 1.40. The third-order valence-electron chi connectivity index (χ3n) is 6.19. The zero-order valence-electron chi connectivity index (χ0n) is 23.7. The lowest BCUT2D eigenvalue weighted by Crippen LogP contribution is -2.33. The average molecular weight is 505 g/mol. The van der Waals surface area contributed by atoms with Gasteiger partial charge in [0.15, 0.2) is 5.82 Å². The number of ether oxygens (including phenoxy) is 1. The number of imidazole rings is 1. The van der Waals surface area contributed by atoms with Gasteiger partial charge in [-0.05, 0) is 30.2 Å². The highest BCUT2D eigenvalue weighted by atomic mass is 16.5. The van der Waals surface area contributed by atoms with Gasteiger partial charge in [-0.3, -0.25) is 0 Å². The van der Waals surface area contributed by atoms with Gasteiger partial charge in [0, 0.05) is 31.0 Å². The Morgan fingerprint density at radius 2 is 1.70 bits per heavy atom. The van der Waals surface area contributed by atoms with Crippen LogP contribution in [-0.2, 0) is 24.2 Å². The van der Waals surface area contributed by atoms with Gasteiger partial charge in [-0.15, -0.1) is 0 Å². The fourth-order valence-electron chi connectivity index (χ4n) is 4.53. The number of aromatic nitrogens is 3. The number of hydrogen-bond acceptors (Lipinski definition) is 5. The standard InChI is InChI=1S/C28H36N5O2.C2H6/c1-7-8-9-24-31-25-26(32(24)17-19-10-12-20(13-11-19)18-33(3,4)5)22-15-14-21(28(34)35-6)16-23(22)30-27(25)29-2;1-2/h10-16H,7-9,17-18H2,1-6H3,(H,29,30);1-2H3/q+1;.